The van der Waals surface area contributed by atoms with Gasteiger partial charge in [0.15, 0.2) is 0 Å². The van der Waals surface area contributed by atoms with E-state index in [0.29, 0.717) is 12.6 Å². The molecule has 0 aromatic heterocycles. The first-order valence-electron chi connectivity index (χ1n) is 7.71. The molecule has 1 saturated carbocycles. The number of nitrogens with one attached hydrogen (secondary N) is 1. The number of para-hydroxylation sites is 1. The van der Waals surface area contributed by atoms with E-state index in [2.05, 4.69) is 18.3 Å². The van der Waals surface area contributed by atoms with Crippen molar-refractivity contribution >= 4 is 11.4 Å². The molecule has 4 heteroatoms. The van der Waals surface area contributed by atoms with Crippen molar-refractivity contribution < 1.29 is 0 Å². The first-order valence-corrected chi connectivity index (χ1v) is 7.71. The van der Waals surface area contributed by atoms with Crippen LogP contribution in [0.15, 0.2) is 41.0 Å². The van der Waals surface area contributed by atoms with Gasteiger partial charge in [0, 0.05) is 24.0 Å². The molecule has 0 radical (unpaired) electrons. The predicted molar refractivity (Wildman–Crippen MR) is 89.9 cm³/mol. The molecule has 1 aliphatic carbocycles. The number of hydrogen-bond donors (Lipinski definition) is 3. The highest BCUT2D eigenvalue weighted by molar-refractivity contribution is 5.97. The van der Waals surface area contributed by atoms with Gasteiger partial charge in [-0.3, -0.25) is 4.99 Å². The van der Waals surface area contributed by atoms with E-state index in [9.17, 15) is 0 Å². The quantitative estimate of drug-likeness (QED) is 0.642. The summed E-state index contributed by atoms with van der Waals surface area (Å²) in [5.74, 6) is 0. The molecule has 0 unspecified atom stereocenters. The van der Waals surface area contributed by atoms with Crippen LogP contribution in [0.1, 0.15) is 31.2 Å². The fourth-order valence-electron chi connectivity index (χ4n) is 2.10. The number of nitrogens with zero attached hydrogens (tertiary/aromatic N) is 1. The van der Waals surface area contributed by atoms with Crippen LogP contribution in [0, 0.1) is 6.92 Å². The van der Waals surface area contributed by atoms with E-state index in [1.54, 1.807) is 0 Å². The zero-order valence-corrected chi connectivity index (χ0v) is 12.8. The molecule has 21 heavy (non-hydrogen) atoms. The monoisotopic (exact) mass is 286 g/mol. The summed E-state index contributed by atoms with van der Waals surface area (Å²) in [5, 5.41) is 3.42. The number of allylic oxidation sites excluding steroid dienone is 1. The van der Waals surface area contributed by atoms with Crippen molar-refractivity contribution in [2.45, 2.75) is 38.6 Å². The number of hydrogen-bond acceptors (Lipinski definition) is 4. The average molecular weight is 286 g/mol. The zero-order chi connectivity index (χ0) is 15.1. The first-order chi connectivity index (χ1) is 10.2. The maximum atomic E-state index is 6.10. The molecule has 1 aromatic rings. The lowest BCUT2D eigenvalue weighted by atomic mass is 10.1. The van der Waals surface area contributed by atoms with Gasteiger partial charge in [-0.15, -0.1) is 0 Å². The van der Waals surface area contributed by atoms with Gasteiger partial charge in [-0.05, 0) is 56.9 Å². The Labute approximate surface area is 127 Å². The van der Waals surface area contributed by atoms with Gasteiger partial charge in [-0.25, -0.2) is 0 Å². The summed E-state index contributed by atoms with van der Waals surface area (Å²) in [7, 11) is 0. The summed E-state index contributed by atoms with van der Waals surface area (Å²) >= 11 is 0. The average Bonchev–Trinajstić information content (AvgIpc) is 3.29. The highest BCUT2D eigenvalue weighted by Crippen LogP contribution is 2.19. The molecule has 0 atom stereocenters. The molecule has 0 spiro atoms. The van der Waals surface area contributed by atoms with Crippen LogP contribution in [-0.4, -0.2) is 24.8 Å². The number of benzene rings is 1. The predicted octanol–water partition coefficient (Wildman–Crippen LogP) is 2.40. The van der Waals surface area contributed by atoms with Crippen LogP contribution >= 0.6 is 0 Å². The molecular formula is C17H26N4. The van der Waals surface area contributed by atoms with Crippen LogP contribution < -0.4 is 16.8 Å². The number of aryl methyl sites for hydroxylation is 1. The van der Waals surface area contributed by atoms with Gasteiger partial charge in [-0.2, -0.15) is 0 Å². The summed E-state index contributed by atoms with van der Waals surface area (Å²) < 4.78 is 0. The molecular weight excluding hydrogens is 260 g/mol. The Bertz CT molecular complexity index is 515. The maximum Gasteiger partial charge on any atom is 0.0662 e. The Morgan fingerprint density at radius 3 is 2.81 bits per heavy atom. The fourth-order valence-corrected chi connectivity index (χ4v) is 2.10. The summed E-state index contributed by atoms with van der Waals surface area (Å²) in [6, 6.07) is 8.80. The molecule has 4 nitrogen and oxygen atoms in total. The van der Waals surface area contributed by atoms with Gasteiger partial charge in [0.05, 0.1) is 5.69 Å². The second-order valence-corrected chi connectivity index (χ2v) is 5.66. The normalized spacial score (nSPS) is 16.3. The van der Waals surface area contributed by atoms with Crippen LogP contribution in [0.3, 0.4) is 0 Å². The molecule has 0 heterocycles. The third-order valence-corrected chi connectivity index (χ3v) is 3.54. The van der Waals surface area contributed by atoms with Crippen LogP contribution in [-0.2, 0) is 0 Å². The number of aliphatic imine (C=N–C) groups is 1. The van der Waals surface area contributed by atoms with Crippen molar-refractivity contribution in [2.75, 3.05) is 13.1 Å². The molecule has 0 bridgehead atoms. The van der Waals surface area contributed by atoms with Crippen LogP contribution in [0.5, 0.6) is 0 Å². The van der Waals surface area contributed by atoms with Gasteiger partial charge in [0.1, 0.15) is 0 Å². The van der Waals surface area contributed by atoms with Crippen molar-refractivity contribution in [2.24, 2.45) is 16.5 Å². The van der Waals surface area contributed by atoms with E-state index < -0.39 is 0 Å². The smallest absolute Gasteiger partial charge is 0.0662 e. The van der Waals surface area contributed by atoms with Crippen molar-refractivity contribution in [1.82, 2.24) is 5.32 Å². The SMILES string of the molecule is Cc1ccccc1N=C(C=C(N)CNC1CC1)CCCN. The minimum atomic E-state index is 0.665. The Balaban J connectivity index is 2.08. The topological polar surface area (TPSA) is 76.4 Å². The van der Waals surface area contributed by atoms with Gasteiger partial charge >= 0.3 is 0 Å². The summed E-state index contributed by atoms with van der Waals surface area (Å²) in [5.41, 5.74) is 15.7. The Kier molecular flexibility index (Phi) is 5.96. The lowest BCUT2D eigenvalue weighted by molar-refractivity contribution is 0.729. The van der Waals surface area contributed by atoms with E-state index >= 15 is 0 Å². The Morgan fingerprint density at radius 2 is 2.14 bits per heavy atom. The molecule has 0 saturated heterocycles. The molecule has 114 valence electrons. The lowest BCUT2D eigenvalue weighted by Gasteiger charge is -2.07. The Morgan fingerprint density at radius 1 is 1.38 bits per heavy atom. The van der Waals surface area contributed by atoms with Crippen LogP contribution in [0.4, 0.5) is 5.69 Å². The van der Waals surface area contributed by atoms with Crippen molar-refractivity contribution in [1.29, 1.82) is 0 Å². The third kappa shape index (κ3) is 5.69. The molecule has 1 aromatic carbocycles. The summed E-state index contributed by atoms with van der Waals surface area (Å²) in [6.45, 7) is 3.47. The maximum absolute atomic E-state index is 6.10. The van der Waals surface area contributed by atoms with Gasteiger partial charge < -0.3 is 16.8 Å². The largest absolute Gasteiger partial charge is 0.401 e. The standard InChI is InChI=1S/C17H26N4/c1-13-5-2-3-7-17(13)21-16(6-4-10-18)11-14(19)12-20-15-8-9-15/h2-3,5,7,11,15,20H,4,6,8-10,12,18-19H2,1H3. The third-order valence-electron chi connectivity index (χ3n) is 3.54. The van der Waals surface area contributed by atoms with Crippen LogP contribution in [0.25, 0.3) is 0 Å². The minimum absolute atomic E-state index is 0.665. The van der Waals surface area contributed by atoms with Gasteiger partial charge in [0.25, 0.3) is 0 Å². The highest BCUT2D eigenvalue weighted by atomic mass is 15.0. The van der Waals surface area contributed by atoms with Crippen LogP contribution in [0.2, 0.25) is 0 Å². The molecule has 2 rings (SSSR count). The second-order valence-electron chi connectivity index (χ2n) is 5.66. The fraction of sp³-hybridized carbons (Fsp3) is 0.471. The molecule has 1 fully saturated rings. The number of rotatable bonds is 8. The van der Waals surface area contributed by atoms with Crippen molar-refractivity contribution in [3.63, 3.8) is 0 Å². The van der Waals surface area contributed by atoms with E-state index in [4.69, 9.17) is 16.5 Å². The second kappa shape index (κ2) is 7.96. The van der Waals surface area contributed by atoms with E-state index in [0.717, 1.165) is 36.5 Å². The minimum Gasteiger partial charge on any atom is -0.401 e. The van der Waals surface area contributed by atoms with Crippen molar-refractivity contribution in [3.8, 4) is 0 Å². The van der Waals surface area contributed by atoms with Gasteiger partial charge in [-0.1, -0.05) is 18.2 Å². The Hall–Kier alpha value is -1.65. The molecule has 0 amide bonds. The van der Waals surface area contributed by atoms with E-state index in [1.165, 1.54) is 18.4 Å². The number of nitrogens with two attached hydrogens (primary N) is 2. The molecule has 5 N–H and O–H groups in total. The zero-order valence-electron chi connectivity index (χ0n) is 12.8. The molecule has 1 aliphatic rings. The lowest BCUT2D eigenvalue weighted by Crippen LogP contribution is -2.23. The first kappa shape index (κ1) is 15.7. The summed E-state index contributed by atoms with van der Waals surface area (Å²) in [4.78, 5) is 4.76. The van der Waals surface area contributed by atoms with Crippen molar-refractivity contribution in [3.05, 3.63) is 41.6 Å². The summed E-state index contributed by atoms with van der Waals surface area (Å²) in [6.07, 6.45) is 6.31. The highest BCUT2D eigenvalue weighted by Gasteiger charge is 2.19. The van der Waals surface area contributed by atoms with E-state index in [1.807, 2.05) is 24.3 Å². The van der Waals surface area contributed by atoms with Gasteiger partial charge in [0.2, 0.25) is 0 Å². The van der Waals surface area contributed by atoms with E-state index in [-0.39, 0.29) is 0 Å². The molecule has 0 aliphatic heterocycles.